The van der Waals surface area contributed by atoms with Crippen molar-refractivity contribution in [2.45, 2.75) is 0 Å². The summed E-state index contributed by atoms with van der Waals surface area (Å²) in [6.07, 6.45) is 7.98. The van der Waals surface area contributed by atoms with Gasteiger partial charge in [0.25, 0.3) is 0 Å². The number of hydrogen-bond donors (Lipinski definition) is 0. The molecule has 0 aliphatic heterocycles. The number of pyridine rings is 1. The van der Waals surface area contributed by atoms with E-state index in [0.717, 1.165) is 0 Å². The van der Waals surface area contributed by atoms with Crippen molar-refractivity contribution in [1.82, 2.24) is 15.0 Å². The third-order valence-electron chi connectivity index (χ3n) is 1.78. The normalized spacial score (nSPS) is 9.36. The van der Waals surface area contributed by atoms with E-state index in [-0.39, 0.29) is 0 Å². The predicted molar refractivity (Wildman–Crippen MR) is 50.0 cm³/mol. The summed E-state index contributed by atoms with van der Waals surface area (Å²) < 4.78 is 0. The van der Waals surface area contributed by atoms with Crippen molar-refractivity contribution in [3.05, 3.63) is 42.6 Å². The van der Waals surface area contributed by atoms with Crippen LogP contribution in [-0.2, 0) is 0 Å². The third-order valence-corrected chi connectivity index (χ3v) is 1.78. The van der Waals surface area contributed by atoms with E-state index in [4.69, 9.17) is 5.26 Å². The van der Waals surface area contributed by atoms with Crippen molar-refractivity contribution in [1.29, 1.82) is 5.26 Å². The van der Waals surface area contributed by atoms with Crippen molar-refractivity contribution in [2.24, 2.45) is 0 Å². The van der Waals surface area contributed by atoms with Crippen molar-refractivity contribution >= 4 is 0 Å². The fourth-order valence-corrected chi connectivity index (χ4v) is 1.13. The van der Waals surface area contributed by atoms with Crippen molar-refractivity contribution < 1.29 is 0 Å². The first-order valence-corrected chi connectivity index (χ1v) is 4.02. The maximum atomic E-state index is 8.85. The second-order valence-corrected chi connectivity index (χ2v) is 2.62. The van der Waals surface area contributed by atoms with Crippen LogP contribution in [0.5, 0.6) is 0 Å². The van der Waals surface area contributed by atoms with Crippen LogP contribution in [0.2, 0.25) is 0 Å². The summed E-state index contributed by atoms with van der Waals surface area (Å²) in [5.41, 5.74) is 1.93. The average Bonchev–Trinajstić information content (AvgIpc) is 2.30. The standard InChI is InChI=1S/C10H6N4/c11-5-8-1-2-12-6-9(8)10-7-13-3-4-14-10/h1-4,6-7H. The van der Waals surface area contributed by atoms with Gasteiger partial charge in [0.1, 0.15) is 0 Å². The maximum Gasteiger partial charge on any atom is 0.0999 e. The molecule has 0 radical (unpaired) electrons. The Labute approximate surface area is 80.9 Å². The largest absolute Gasteiger partial charge is 0.264 e. The zero-order valence-electron chi connectivity index (χ0n) is 7.25. The summed E-state index contributed by atoms with van der Waals surface area (Å²) in [6, 6.07) is 3.74. The minimum atomic E-state index is 0.556. The van der Waals surface area contributed by atoms with Gasteiger partial charge in [-0.15, -0.1) is 0 Å². The minimum Gasteiger partial charge on any atom is -0.264 e. The summed E-state index contributed by atoms with van der Waals surface area (Å²) in [6.45, 7) is 0. The molecule has 2 heterocycles. The van der Waals surface area contributed by atoms with E-state index in [2.05, 4.69) is 21.0 Å². The molecule has 0 N–H and O–H groups in total. The molecule has 0 aliphatic carbocycles. The van der Waals surface area contributed by atoms with Gasteiger partial charge >= 0.3 is 0 Å². The van der Waals surface area contributed by atoms with Crippen LogP contribution in [0.3, 0.4) is 0 Å². The molecule has 4 nitrogen and oxygen atoms in total. The van der Waals surface area contributed by atoms with Crippen LogP contribution in [0.25, 0.3) is 11.3 Å². The maximum absolute atomic E-state index is 8.85. The van der Waals surface area contributed by atoms with Crippen LogP contribution in [-0.4, -0.2) is 15.0 Å². The molecule has 0 bridgehead atoms. The van der Waals surface area contributed by atoms with Crippen LogP contribution < -0.4 is 0 Å². The Morgan fingerprint density at radius 2 is 1.93 bits per heavy atom. The van der Waals surface area contributed by atoms with Crippen molar-refractivity contribution in [2.75, 3.05) is 0 Å². The Bertz CT molecular complexity index is 473. The highest BCUT2D eigenvalue weighted by atomic mass is 14.8. The zero-order valence-corrected chi connectivity index (χ0v) is 7.25. The highest BCUT2D eigenvalue weighted by Crippen LogP contribution is 2.17. The molecule has 2 aromatic heterocycles. The van der Waals surface area contributed by atoms with Crippen LogP contribution in [0.15, 0.2) is 37.1 Å². The summed E-state index contributed by atoms with van der Waals surface area (Å²) >= 11 is 0. The van der Waals surface area contributed by atoms with Crippen molar-refractivity contribution in [3.63, 3.8) is 0 Å². The summed E-state index contributed by atoms with van der Waals surface area (Å²) in [4.78, 5) is 12.0. The fourth-order valence-electron chi connectivity index (χ4n) is 1.13. The zero-order chi connectivity index (χ0) is 9.80. The summed E-state index contributed by atoms with van der Waals surface area (Å²) in [7, 11) is 0. The first-order valence-electron chi connectivity index (χ1n) is 4.02. The first kappa shape index (κ1) is 8.32. The van der Waals surface area contributed by atoms with E-state index in [0.29, 0.717) is 16.8 Å². The van der Waals surface area contributed by atoms with Gasteiger partial charge in [-0.3, -0.25) is 15.0 Å². The molecular weight excluding hydrogens is 176 g/mol. The van der Waals surface area contributed by atoms with Crippen molar-refractivity contribution in [3.8, 4) is 17.3 Å². The van der Waals surface area contributed by atoms with E-state index < -0.39 is 0 Å². The molecule has 2 aromatic rings. The van der Waals surface area contributed by atoms with Gasteiger partial charge in [0.05, 0.1) is 23.5 Å². The number of hydrogen-bond acceptors (Lipinski definition) is 4. The lowest BCUT2D eigenvalue weighted by molar-refractivity contribution is 1.19. The molecule has 2 rings (SSSR count). The van der Waals surface area contributed by atoms with Gasteiger partial charge in [-0.1, -0.05) is 0 Å². The highest BCUT2D eigenvalue weighted by Gasteiger charge is 2.04. The fraction of sp³-hybridized carbons (Fsp3) is 0. The van der Waals surface area contributed by atoms with E-state index in [1.807, 2.05) is 0 Å². The van der Waals surface area contributed by atoms with Gasteiger partial charge < -0.3 is 0 Å². The van der Waals surface area contributed by atoms with Gasteiger partial charge in [-0.2, -0.15) is 5.26 Å². The molecule has 0 saturated carbocycles. The lowest BCUT2D eigenvalue weighted by atomic mass is 10.1. The topological polar surface area (TPSA) is 62.5 Å². The molecule has 0 unspecified atom stereocenters. The molecule has 0 spiro atoms. The van der Waals surface area contributed by atoms with Crippen LogP contribution in [0, 0.1) is 11.3 Å². The van der Waals surface area contributed by atoms with Crippen LogP contribution in [0.1, 0.15) is 5.56 Å². The highest BCUT2D eigenvalue weighted by molar-refractivity contribution is 5.64. The molecule has 14 heavy (non-hydrogen) atoms. The lowest BCUT2D eigenvalue weighted by Gasteiger charge is -1.99. The molecule has 66 valence electrons. The van der Waals surface area contributed by atoms with E-state index in [1.165, 1.54) is 0 Å². The minimum absolute atomic E-state index is 0.556. The summed E-state index contributed by atoms with van der Waals surface area (Å²) in [5, 5.41) is 8.85. The van der Waals surface area contributed by atoms with Gasteiger partial charge in [0.15, 0.2) is 0 Å². The lowest BCUT2D eigenvalue weighted by Crippen LogP contribution is -1.89. The number of aromatic nitrogens is 3. The Kier molecular flexibility index (Phi) is 2.15. The summed E-state index contributed by atoms with van der Waals surface area (Å²) in [5.74, 6) is 0. The molecule has 0 saturated heterocycles. The molecule has 0 aromatic carbocycles. The van der Waals surface area contributed by atoms with Gasteiger partial charge in [-0.05, 0) is 6.07 Å². The molecule has 0 fully saturated rings. The Balaban J connectivity index is 2.58. The number of nitriles is 1. The third kappa shape index (κ3) is 1.43. The Morgan fingerprint density at radius 1 is 1.07 bits per heavy atom. The molecule has 0 aliphatic rings. The Morgan fingerprint density at radius 3 is 2.64 bits per heavy atom. The molecular formula is C10H6N4. The predicted octanol–water partition coefficient (Wildman–Crippen LogP) is 1.41. The molecule has 0 amide bonds. The smallest absolute Gasteiger partial charge is 0.0999 e. The van der Waals surface area contributed by atoms with E-state index in [9.17, 15) is 0 Å². The molecule has 4 heteroatoms. The number of nitrogens with zero attached hydrogens (tertiary/aromatic N) is 4. The second kappa shape index (κ2) is 3.62. The van der Waals surface area contributed by atoms with Crippen LogP contribution in [0.4, 0.5) is 0 Å². The second-order valence-electron chi connectivity index (χ2n) is 2.62. The quantitative estimate of drug-likeness (QED) is 0.668. The van der Waals surface area contributed by atoms with E-state index in [1.54, 1.807) is 37.1 Å². The van der Waals surface area contributed by atoms with E-state index >= 15 is 0 Å². The van der Waals surface area contributed by atoms with Gasteiger partial charge in [0, 0.05) is 30.4 Å². The van der Waals surface area contributed by atoms with Gasteiger partial charge in [0.2, 0.25) is 0 Å². The molecule has 0 atom stereocenters. The average molecular weight is 182 g/mol. The first-order chi connectivity index (χ1) is 6.92. The monoisotopic (exact) mass is 182 g/mol. The Hall–Kier alpha value is -2.28. The SMILES string of the molecule is N#Cc1ccncc1-c1cnccn1. The number of rotatable bonds is 1. The van der Waals surface area contributed by atoms with Crippen LogP contribution >= 0.6 is 0 Å². The van der Waals surface area contributed by atoms with Gasteiger partial charge in [-0.25, -0.2) is 0 Å².